The zero-order chi connectivity index (χ0) is 18.2. The van der Waals surface area contributed by atoms with Gasteiger partial charge in [-0.2, -0.15) is 0 Å². The Bertz CT molecular complexity index is 728. The number of nitrogens with zero attached hydrogens (tertiary/aromatic N) is 3. The van der Waals surface area contributed by atoms with Crippen LogP contribution >= 0.6 is 11.8 Å². The normalized spacial score (nSPS) is 10.7. The van der Waals surface area contributed by atoms with Gasteiger partial charge >= 0.3 is 0 Å². The lowest BCUT2D eigenvalue weighted by atomic mass is 10.2. The molecule has 1 aromatic heterocycles. The summed E-state index contributed by atoms with van der Waals surface area (Å²) < 4.78 is 7.72. The molecule has 134 valence electrons. The van der Waals surface area contributed by atoms with Crippen molar-refractivity contribution in [3.63, 3.8) is 0 Å². The van der Waals surface area contributed by atoms with Crippen LogP contribution in [0.15, 0.2) is 42.1 Å². The second kappa shape index (κ2) is 9.27. The monoisotopic (exact) mass is 360 g/mol. The maximum absolute atomic E-state index is 11.8. The van der Waals surface area contributed by atoms with Gasteiger partial charge in [0, 0.05) is 12.6 Å². The van der Waals surface area contributed by atoms with E-state index in [1.54, 1.807) is 6.08 Å². The second-order valence-electron chi connectivity index (χ2n) is 5.91. The highest BCUT2D eigenvalue weighted by molar-refractivity contribution is 7.99. The first kappa shape index (κ1) is 19.1. The first-order chi connectivity index (χ1) is 12.0. The number of rotatable bonds is 9. The number of allylic oxidation sites excluding steroid dienone is 1. The van der Waals surface area contributed by atoms with Crippen LogP contribution in [0.5, 0.6) is 5.75 Å². The fourth-order valence-corrected chi connectivity index (χ4v) is 2.97. The van der Waals surface area contributed by atoms with E-state index in [1.807, 2.05) is 49.6 Å². The van der Waals surface area contributed by atoms with Crippen LogP contribution in [0.25, 0.3) is 0 Å². The van der Waals surface area contributed by atoms with Crippen molar-refractivity contribution in [3.05, 3.63) is 48.3 Å². The summed E-state index contributed by atoms with van der Waals surface area (Å²) in [4.78, 5) is 11.8. The summed E-state index contributed by atoms with van der Waals surface area (Å²) in [5.41, 5.74) is 1.14. The Kier molecular flexibility index (Phi) is 7.06. The number of carbonyl (C=O) groups excluding carboxylic acids is 1. The van der Waals surface area contributed by atoms with Crippen molar-refractivity contribution in [2.75, 3.05) is 5.75 Å². The Balaban J connectivity index is 2.02. The van der Waals surface area contributed by atoms with Crippen molar-refractivity contribution < 1.29 is 9.53 Å². The van der Waals surface area contributed by atoms with Crippen molar-refractivity contribution in [1.29, 1.82) is 0 Å². The lowest BCUT2D eigenvalue weighted by Gasteiger charge is -2.10. The van der Waals surface area contributed by atoms with Crippen LogP contribution in [0, 0.1) is 6.92 Å². The van der Waals surface area contributed by atoms with Gasteiger partial charge < -0.3 is 10.1 Å². The van der Waals surface area contributed by atoms with E-state index in [-0.39, 0.29) is 11.9 Å². The molecule has 0 aliphatic carbocycles. The largest absolute Gasteiger partial charge is 0.486 e. The van der Waals surface area contributed by atoms with E-state index in [4.69, 9.17) is 4.74 Å². The molecule has 1 aromatic carbocycles. The maximum atomic E-state index is 11.8. The molecule has 0 spiro atoms. The molecule has 0 radical (unpaired) electrons. The summed E-state index contributed by atoms with van der Waals surface area (Å²) in [6, 6.07) is 7.97. The Hall–Kier alpha value is -2.28. The quantitative estimate of drug-likeness (QED) is 0.550. The lowest BCUT2D eigenvalue weighted by Crippen LogP contribution is -2.31. The highest BCUT2D eigenvalue weighted by Gasteiger charge is 2.14. The van der Waals surface area contributed by atoms with E-state index in [2.05, 4.69) is 22.1 Å². The number of thioether (sulfide) groups is 1. The van der Waals surface area contributed by atoms with Crippen LogP contribution in [-0.4, -0.2) is 32.5 Å². The van der Waals surface area contributed by atoms with E-state index in [0.29, 0.717) is 29.9 Å². The first-order valence-corrected chi connectivity index (χ1v) is 9.12. The number of benzene rings is 1. The molecule has 0 bridgehead atoms. The number of aryl methyl sites for hydroxylation is 1. The smallest absolute Gasteiger partial charge is 0.230 e. The Morgan fingerprint density at radius 3 is 2.92 bits per heavy atom. The minimum absolute atomic E-state index is 0.0225. The van der Waals surface area contributed by atoms with Gasteiger partial charge in [0.15, 0.2) is 11.0 Å². The van der Waals surface area contributed by atoms with Gasteiger partial charge in [-0.1, -0.05) is 30.0 Å². The number of carbonyl (C=O) groups is 1. The summed E-state index contributed by atoms with van der Waals surface area (Å²) in [6.45, 7) is 10.5. The third-order valence-electron chi connectivity index (χ3n) is 3.24. The van der Waals surface area contributed by atoms with Crippen molar-refractivity contribution >= 4 is 17.7 Å². The van der Waals surface area contributed by atoms with Gasteiger partial charge in [0.1, 0.15) is 12.4 Å². The molecule has 0 saturated heterocycles. The molecule has 2 rings (SSSR count). The predicted molar refractivity (Wildman–Crippen MR) is 99.7 cm³/mol. The third-order valence-corrected chi connectivity index (χ3v) is 4.21. The Morgan fingerprint density at radius 1 is 1.44 bits per heavy atom. The second-order valence-corrected chi connectivity index (χ2v) is 6.86. The topological polar surface area (TPSA) is 69.0 Å². The van der Waals surface area contributed by atoms with Crippen LogP contribution in [0.1, 0.15) is 25.2 Å². The molecule has 1 N–H and O–H groups in total. The Labute approximate surface area is 152 Å². The minimum Gasteiger partial charge on any atom is -0.486 e. The molecule has 0 fully saturated rings. The molecule has 6 nitrogen and oxygen atoms in total. The minimum atomic E-state index is -0.0225. The van der Waals surface area contributed by atoms with E-state index in [1.165, 1.54) is 11.8 Å². The molecule has 25 heavy (non-hydrogen) atoms. The van der Waals surface area contributed by atoms with E-state index in [9.17, 15) is 4.79 Å². The molecular formula is C18H24N4O2S. The highest BCUT2D eigenvalue weighted by atomic mass is 32.2. The number of aromatic nitrogens is 3. The van der Waals surface area contributed by atoms with Crippen molar-refractivity contribution in [2.45, 2.75) is 45.1 Å². The molecule has 1 amide bonds. The maximum Gasteiger partial charge on any atom is 0.230 e. The Morgan fingerprint density at radius 2 is 2.24 bits per heavy atom. The average molecular weight is 360 g/mol. The zero-order valence-corrected chi connectivity index (χ0v) is 15.7. The van der Waals surface area contributed by atoms with Crippen molar-refractivity contribution in [3.8, 4) is 5.75 Å². The first-order valence-electron chi connectivity index (χ1n) is 8.14. The standard InChI is InChI=1S/C18H24N4O2S/c1-5-9-22-16(11-24-15-8-6-7-14(4)10-15)20-21-18(22)25-12-17(23)19-13(2)3/h5-8,10,13H,1,9,11-12H2,2-4H3,(H,19,23). The fourth-order valence-electron chi connectivity index (χ4n) is 2.19. The van der Waals surface area contributed by atoms with E-state index >= 15 is 0 Å². The van der Waals surface area contributed by atoms with Crippen LogP contribution in [-0.2, 0) is 17.9 Å². The molecule has 2 aromatic rings. The van der Waals surface area contributed by atoms with Crippen LogP contribution in [0.4, 0.5) is 0 Å². The van der Waals surface area contributed by atoms with Crippen LogP contribution < -0.4 is 10.1 Å². The molecule has 0 atom stereocenters. The third kappa shape index (κ3) is 5.94. The van der Waals surface area contributed by atoms with Gasteiger partial charge in [0.25, 0.3) is 0 Å². The van der Waals surface area contributed by atoms with E-state index < -0.39 is 0 Å². The summed E-state index contributed by atoms with van der Waals surface area (Å²) >= 11 is 1.36. The molecule has 0 aliphatic rings. The molecule has 0 saturated carbocycles. The predicted octanol–water partition coefficient (Wildman–Crippen LogP) is 2.97. The van der Waals surface area contributed by atoms with Crippen molar-refractivity contribution in [1.82, 2.24) is 20.1 Å². The highest BCUT2D eigenvalue weighted by Crippen LogP contribution is 2.19. The lowest BCUT2D eigenvalue weighted by molar-refractivity contribution is -0.119. The van der Waals surface area contributed by atoms with Gasteiger partial charge in [-0.3, -0.25) is 9.36 Å². The number of hydrogen-bond acceptors (Lipinski definition) is 5. The van der Waals surface area contributed by atoms with Gasteiger partial charge in [0.05, 0.1) is 5.75 Å². The molecule has 1 heterocycles. The molecular weight excluding hydrogens is 336 g/mol. The summed E-state index contributed by atoms with van der Waals surface area (Å²) in [5, 5.41) is 11.9. The number of amides is 1. The van der Waals surface area contributed by atoms with Crippen LogP contribution in [0.2, 0.25) is 0 Å². The molecule has 0 aliphatic heterocycles. The van der Waals surface area contributed by atoms with Gasteiger partial charge in [-0.05, 0) is 38.5 Å². The fraction of sp³-hybridized carbons (Fsp3) is 0.389. The zero-order valence-electron chi connectivity index (χ0n) is 14.9. The summed E-state index contributed by atoms with van der Waals surface area (Å²) in [7, 11) is 0. The summed E-state index contributed by atoms with van der Waals surface area (Å²) in [5.74, 6) is 1.77. The molecule has 7 heteroatoms. The van der Waals surface area contributed by atoms with Gasteiger partial charge in [0.2, 0.25) is 5.91 Å². The average Bonchev–Trinajstić information content (AvgIpc) is 2.93. The SMILES string of the molecule is C=CCn1c(COc2cccc(C)c2)nnc1SCC(=O)NC(C)C. The number of ether oxygens (including phenoxy) is 1. The van der Waals surface area contributed by atoms with Gasteiger partial charge in [-0.15, -0.1) is 16.8 Å². The van der Waals surface area contributed by atoms with Crippen molar-refractivity contribution in [2.24, 2.45) is 0 Å². The summed E-state index contributed by atoms with van der Waals surface area (Å²) in [6.07, 6.45) is 1.78. The van der Waals surface area contributed by atoms with E-state index in [0.717, 1.165) is 11.3 Å². The van der Waals surface area contributed by atoms with Gasteiger partial charge in [-0.25, -0.2) is 0 Å². The number of nitrogens with one attached hydrogen (secondary N) is 1. The molecule has 0 unspecified atom stereocenters. The van der Waals surface area contributed by atoms with Crippen LogP contribution in [0.3, 0.4) is 0 Å². The number of hydrogen-bond donors (Lipinski definition) is 1.